The molecule has 0 fully saturated rings. The number of rotatable bonds is 8. The number of hydrogen-bond donors (Lipinski definition) is 1. The third-order valence-electron chi connectivity index (χ3n) is 4.63. The van der Waals surface area contributed by atoms with E-state index >= 15 is 0 Å². The maximum absolute atomic E-state index is 12.8. The highest BCUT2D eigenvalue weighted by atomic mass is 16.5. The molecule has 0 atom stereocenters. The number of carbonyl (C=O) groups is 2. The molecule has 28 heavy (non-hydrogen) atoms. The van der Waals surface area contributed by atoms with Gasteiger partial charge >= 0.3 is 0 Å². The minimum atomic E-state index is -0.0455. The van der Waals surface area contributed by atoms with E-state index in [0.29, 0.717) is 48.6 Å². The molecule has 1 aliphatic heterocycles. The van der Waals surface area contributed by atoms with Crippen molar-refractivity contribution in [2.45, 2.75) is 39.8 Å². The molecule has 0 spiro atoms. The maximum Gasteiger partial charge on any atom is 0.256 e. The van der Waals surface area contributed by atoms with Crippen LogP contribution in [0.2, 0.25) is 0 Å². The highest BCUT2D eigenvalue weighted by Gasteiger charge is 2.30. The molecular weight excluding hydrogens is 356 g/mol. The van der Waals surface area contributed by atoms with Crippen molar-refractivity contribution in [1.82, 2.24) is 20.2 Å². The maximum atomic E-state index is 12.8. The van der Waals surface area contributed by atoms with Gasteiger partial charge in [0, 0.05) is 43.4 Å². The van der Waals surface area contributed by atoms with Crippen molar-refractivity contribution < 1.29 is 14.3 Å². The van der Waals surface area contributed by atoms with E-state index in [0.717, 1.165) is 5.69 Å². The van der Waals surface area contributed by atoms with Crippen LogP contribution in [0, 0.1) is 5.92 Å². The highest BCUT2D eigenvalue weighted by molar-refractivity contribution is 5.98. The van der Waals surface area contributed by atoms with E-state index < -0.39 is 0 Å². The lowest BCUT2D eigenvalue weighted by molar-refractivity contribution is -0.121. The molecule has 1 N–H and O–H groups in total. The summed E-state index contributed by atoms with van der Waals surface area (Å²) in [6.07, 6.45) is 2.90. The zero-order valence-corrected chi connectivity index (χ0v) is 16.6. The summed E-state index contributed by atoms with van der Waals surface area (Å²) in [6.45, 7) is 5.31. The van der Waals surface area contributed by atoms with Crippen molar-refractivity contribution in [3.8, 4) is 5.88 Å². The van der Waals surface area contributed by atoms with Crippen LogP contribution in [0.1, 0.15) is 47.6 Å². The highest BCUT2D eigenvalue weighted by Crippen LogP contribution is 2.27. The summed E-state index contributed by atoms with van der Waals surface area (Å²) in [5.74, 6) is 0.661. The van der Waals surface area contributed by atoms with E-state index in [-0.39, 0.29) is 24.3 Å². The number of fused-ring (bicyclic) bond motifs is 1. The molecule has 2 aromatic heterocycles. The summed E-state index contributed by atoms with van der Waals surface area (Å²) >= 11 is 0. The minimum absolute atomic E-state index is 0.0270. The van der Waals surface area contributed by atoms with Gasteiger partial charge in [0.1, 0.15) is 0 Å². The average Bonchev–Trinajstić information content (AvgIpc) is 2.99. The zero-order valence-electron chi connectivity index (χ0n) is 16.6. The Bertz CT molecular complexity index is 852. The van der Waals surface area contributed by atoms with Gasteiger partial charge in [0.15, 0.2) is 0 Å². The van der Waals surface area contributed by atoms with Gasteiger partial charge < -0.3 is 15.0 Å². The normalized spacial score (nSPS) is 13.0. The number of aromatic nitrogens is 2. The number of methoxy groups -OCH3 is 1. The van der Waals surface area contributed by atoms with E-state index in [4.69, 9.17) is 4.74 Å². The van der Waals surface area contributed by atoms with Gasteiger partial charge in [-0.3, -0.25) is 14.6 Å². The summed E-state index contributed by atoms with van der Waals surface area (Å²) in [4.78, 5) is 35.3. The van der Waals surface area contributed by atoms with Crippen molar-refractivity contribution in [3.63, 3.8) is 0 Å². The molecule has 3 rings (SSSR count). The largest absolute Gasteiger partial charge is 0.481 e. The van der Waals surface area contributed by atoms with Gasteiger partial charge in [-0.1, -0.05) is 19.9 Å². The molecule has 0 aromatic carbocycles. The van der Waals surface area contributed by atoms with Crippen LogP contribution >= 0.6 is 0 Å². The predicted molar refractivity (Wildman–Crippen MR) is 105 cm³/mol. The Morgan fingerprint density at radius 2 is 2.18 bits per heavy atom. The predicted octanol–water partition coefficient (Wildman–Crippen LogP) is 2.35. The summed E-state index contributed by atoms with van der Waals surface area (Å²) in [7, 11) is 1.55. The van der Waals surface area contributed by atoms with Gasteiger partial charge in [-0.2, -0.15) is 0 Å². The Morgan fingerprint density at radius 1 is 1.36 bits per heavy atom. The molecule has 3 heterocycles. The molecule has 0 aliphatic carbocycles. The monoisotopic (exact) mass is 382 g/mol. The Hall–Kier alpha value is -2.96. The second kappa shape index (κ2) is 8.82. The molecule has 2 aromatic rings. The van der Waals surface area contributed by atoms with Crippen LogP contribution in [-0.4, -0.2) is 40.3 Å². The molecular formula is C21H26N4O3. The fourth-order valence-corrected chi connectivity index (χ4v) is 3.22. The first kappa shape index (κ1) is 19.8. The number of pyridine rings is 2. The van der Waals surface area contributed by atoms with Crippen LogP contribution in [0.25, 0.3) is 0 Å². The molecule has 0 radical (unpaired) electrons. The first-order valence-electron chi connectivity index (χ1n) is 9.50. The first-order chi connectivity index (χ1) is 13.5. The number of ether oxygens (including phenoxy) is 1. The van der Waals surface area contributed by atoms with E-state index in [1.165, 1.54) is 0 Å². The second-order valence-electron chi connectivity index (χ2n) is 7.32. The smallest absolute Gasteiger partial charge is 0.256 e. The molecule has 1 aliphatic rings. The first-order valence-corrected chi connectivity index (χ1v) is 9.50. The molecule has 148 valence electrons. The van der Waals surface area contributed by atoms with Crippen LogP contribution in [0.15, 0.2) is 30.5 Å². The van der Waals surface area contributed by atoms with Gasteiger partial charge in [0.2, 0.25) is 11.8 Å². The fourth-order valence-electron chi connectivity index (χ4n) is 3.22. The summed E-state index contributed by atoms with van der Waals surface area (Å²) < 4.78 is 5.38. The van der Waals surface area contributed by atoms with Crippen molar-refractivity contribution in [1.29, 1.82) is 0 Å². The number of nitrogens with zero attached hydrogens (tertiary/aromatic N) is 3. The van der Waals surface area contributed by atoms with E-state index in [1.54, 1.807) is 24.3 Å². The van der Waals surface area contributed by atoms with Crippen molar-refractivity contribution in [2.75, 3.05) is 13.7 Å². The second-order valence-corrected chi connectivity index (χ2v) is 7.32. The summed E-state index contributed by atoms with van der Waals surface area (Å²) in [6, 6.07) is 7.56. The van der Waals surface area contributed by atoms with Gasteiger partial charge in [-0.15, -0.1) is 0 Å². The Labute approximate surface area is 165 Å². The Kier molecular flexibility index (Phi) is 6.23. The number of amides is 2. The van der Waals surface area contributed by atoms with Crippen LogP contribution in [0.5, 0.6) is 5.88 Å². The molecule has 0 saturated heterocycles. The number of carbonyl (C=O) groups excluding carboxylic acids is 2. The number of nitrogens with one attached hydrogen (secondary N) is 1. The lowest BCUT2D eigenvalue weighted by Gasteiger charge is -2.14. The minimum Gasteiger partial charge on any atom is -0.481 e. The zero-order chi connectivity index (χ0) is 20.1. The van der Waals surface area contributed by atoms with E-state index in [1.807, 2.05) is 32.0 Å². The standard InChI is InChI=1S/C21H26N4O3/c1-14(2)10-19(26)23-12-15-11-17-18(24-20(15)28-3)13-25(21(17)27)9-7-16-6-4-5-8-22-16/h4-6,8,11,14H,7,9-10,12-13H2,1-3H3,(H,23,26). The third-order valence-corrected chi connectivity index (χ3v) is 4.63. The molecule has 7 nitrogen and oxygen atoms in total. The lowest BCUT2D eigenvalue weighted by Crippen LogP contribution is -2.26. The third kappa shape index (κ3) is 4.65. The number of hydrogen-bond acceptors (Lipinski definition) is 5. The van der Waals surface area contributed by atoms with Gasteiger partial charge in [0.25, 0.3) is 5.91 Å². The quantitative estimate of drug-likeness (QED) is 0.758. The summed E-state index contributed by atoms with van der Waals surface area (Å²) in [5.41, 5.74) is 2.94. The van der Waals surface area contributed by atoms with E-state index in [9.17, 15) is 9.59 Å². The van der Waals surface area contributed by atoms with Gasteiger partial charge in [-0.25, -0.2) is 4.98 Å². The average molecular weight is 382 g/mol. The van der Waals surface area contributed by atoms with E-state index in [2.05, 4.69) is 15.3 Å². The van der Waals surface area contributed by atoms with Crippen molar-refractivity contribution in [2.24, 2.45) is 5.92 Å². The molecule has 7 heteroatoms. The van der Waals surface area contributed by atoms with Crippen LogP contribution in [0.4, 0.5) is 0 Å². The van der Waals surface area contributed by atoms with Crippen LogP contribution < -0.4 is 10.1 Å². The molecule has 0 unspecified atom stereocenters. The van der Waals surface area contributed by atoms with Gasteiger partial charge in [-0.05, 0) is 24.1 Å². The van der Waals surface area contributed by atoms with Crippen molar-refractivity contribution in [3.05, 3.63) is 53.0 Å². The Balaban J connectivity index is 1.69. The topological polar surface area (TPSA) is 84.4 Å². The van der Waals surface area contributed by atoms with Crippen molar-refractivity contribution >= 4 is 11.8 Å². The SMILES string of the molecule is COc1nc2c(cc1CNC(=O)CC(C)C)C(=O)N(CCc1ccccn1)C2. The molecule has 0 bridgehead atoms. The lowest BCUT2D eigenvalue weighted by atomic mass is 10.1. The van der Waals surface area contributed by atoms with Crippen LogP contribution in [0.3, 0.4) is 0 Å². The molecule has 2 amide bonds. The summed E-state index contributed by atoms with van der Waals surface area (Å²) in [5, 5.41) is 2.88. The fraction of sp³-hybridized carbons (Fsp3) is 0.429. The Morgan fingerprint density at radius 3 is 2.86 bits per heavy atom. The van der Waals surface area contributed by atoms with Gasteiger partial charge in [0.05, 0.1) is 24.9 Å². The van der Waals surface area contributed by atoms with Crippen LogP contribution in [-0.2, 0) is 24.3 Å². The molecule has 0 saturated carbocycles.